The maximum Gasteiger partial charge on any atom is 0.124 e. The van der Waals surface area contributed by atoms with Gasteiger partial charge in [-0.2, -0.15) is 0 Å². The summed E-state index contributed by atoms with van der Waals surface area (Å²) in [6, 6.07) is 24.9. The molecule has 26 heavy (non-hydrogen) atoms. The minimum atomic E-state index is -0.992. The van der Waals surface area contributed by atoms with Crippen LogP contribution in [0, 0.1) is 0 Å². The molecular weight excluding hydrogens is 326 g/mol. The van der Waals surface area contributed by atoms with Crippen molar-refractivity contribution in [3.8, 4) is 11.5 Å². The molecule has 0 atom stereocenters. The van der Waals surface area contributed by atoms with Crippen molar-refractivity contribution in [1.82, 2.24) is 0 Å². The summed E-state index contributed by atoms with van der Waals surface area (Å²) < 4.78 is 10.5. The number of azide groups is 1. The molecule has 0 fully saturated rings. The third-order valence-corrected chi connectivity index (χ3v) is 4.40. The molecule has 0 saturated carbocycles. The molecule has 0 unspecified atom stereocenters. The van der Waals surface area contributed by atoms with Crippen molar-refractivity contribution >= 4 is 0 Å². The van der Waals surface area contributed by atoms with Gasteiger partial charge in [-0.3, -0.25) is 0 Å². The first kappa shape index (κ1) is 17.4. The maximum absolute atomic E-state index is 9.40. The maximum atomic E-state index is 9.40. The minimum absolute atomic E-state index is 0.742. The van der Waals surface area contributed by atoms with Crippen LogP contribution < -0.4 is 9.47 Å². The summed E-state index contributed by atoms with van der Waals surface area (Å²) in [7, 11) is 3.24. The molecule has 0 aromatic heterocycles. The van der Waals surface area contributed by atoms with Crippen LogP contribution in [-0.4, -0.2) is 14.2 Å². The third-order valence-electron chi connectivity index (χ3n) is 4.40. The molecule has 0 saturated heterocycles. The lowest BCUT2D eigenvalue weighted by Crippen LogP contribution is -2.26. The molecule has 3 rings (SSSR count). The van der Waals surface area contributed by atoms with Crippen LogP contribution in [0.15, 0.2) is 84.0 Å². The smallest absolute Gasteiger partial charge is 0.124 e. The van der Waals surface area contributed by atoms with Crippen LogP contribution in [-0.2, 0) is 5.54 Å². The van der Waals surface area contributed by atoms with E-state index in [2.05, 4.69) is 10.0 Å². The van der Waals surface area contributed by atoms with E-state index in [0.717, 1.165) is 28.2 Å². The highest BCUT2D eigenvalue weighted by molar-refractivity contribution is 5.51. The van der Waals surface area contributed by atoms with Crippen molar-refractivity contribution in [3.05, 3.63) is 106 Å². The molecule has 130 valence electrons. The highest BCUT2D eigenvalue weighted by Crippen LogP contribution is 2.41. The van der Waals surface area contributed by atoms with Crippen molar-refractivity contribution in [2.45, 2.75) is 5.54 Å². The van der Waals surface area contributed by atoms with Crippen molar-refractivity contribution in [1.29, 1.82) is 0 Å². The Bertz CT molecular complexity index is 853. The zero-order valence-corrected chi connectivity index (χ0v) is 14.7. The van der Waals surface area contributed by atoms with Crippen LogP contribution in [0.25, 0.3) is 10.4 Å². The topological polar surface area (TPSA) is 67.2 Å². The molecule has 0 aliphatic carbocycles. The lowest BCUT2D eigenvalue weighted by atomic mass is 9.78. The van der Waals surface area contributed by atoms with Crippen LogP contribution in [0.5, 0.6) is 11.5 Å². The molecule has 0 radical (unpaired) electrons. The van der Waals surface area contributed by atoms with Crippen LogP contribution >= 0.6 is 0 Å². The van der Waals surface area contributed by atoms with Gasteiger partial charge in [0.25, 0.3) is 0 Å². The predicted molar refractivity (Wildman–Crippen MR) is 101 cm³/mol. The summed E-state index contributed by atoms with van der Waals surface area (Å²) in [5.74, 6) is 1.48. The number of ether oxygens (including phenoxy) is 2. The van der Waals surface area contributed by atoms with Crippen molar-refractivity contribution < 1.29 is 9.47 Å². The minimum Gasteiger partial charge on any atom is -0.497 e. The highest BCUT2D eigenvalue weighted by Gasteiger charge is 2.35. The summed E-state index contributed by atoms with van der Waals surface area (Å²) in [6.45, 7) is 0. The second-order valence-electron chi connectivity index (χ2n) is 5.72. The Morgan fingerprint density at radius 1 is 0.692 bits per heavy atom. The van der Waals surface area contributed by atoms with E-state index in [4.69, 9.17) is 9.47 Å². The number of hydrogen-bond donors (Lipinski definition) is 0. The first-order valence-electron chi connectivity index (χ1n) is 8.15. The first-order valence-corrected chi connectivity index (χ1v) is 8.15. The Labute approximate surface area is 152 Å². The predicted octanol–water partition coefficient (Wildman–Crippen LogP) is 5.31. The van der Waals surface area contributed by atoms with Gasteiger partial charge in [0.05, 0.1) is 14.2 Å². The Kier molecular flexibility index (Phi) is 5.11. The quantitative estimate of drug-likeness (QED) is 0.263. The van der Waals surface area contributed by atoms with Crippen LogP contribution in [0.4, 0.5) is 0 Å². The summed E-state index contributed by atoms with van der Waals surface area (Å²) in [6.07, 6.45) is 0. The monoisotopic (exact) mass is 345 g/mol. The fourth-order valence-corrected chi connectivity index (χ4v) is 3.08. The fourth-order valence-electron chi connectivity index (χ4n) is 3.08. The summed E-state index contributed by atoms with van der Waals surface area (Å²) in [5.41, 5.74) is 11.0. The van der Waals surface area contributed by atoms with E-state index >= 15 is 0 Å². The number of hydrogen-bond acceptors (Lipinski definition) is 3. The van der Waals surface area contributed by atoms with Gasteiger partial charge in [0.2, 0.25) is 0 Å². The zero-order valence-electron chi connectivity index (χ0n) is 14.7. The second kappa shape index (κ2) is 7.64. The van der Waals surface area contributed by atoms with E-state index in [1.54, 1.807) is 14.2 Å². The zero-order chi connectivity index (χ0) is 18.4. The van der Waals surface area contributed by atoms with Gasteiger partial charge in [-0.25, -0.2) is 0 Å². The van der Waals surface area contributed by atoms with Gasteiger partial charge in [-0.05, 0) is 46.5 Å². The normalized spacial score (nSPS) is 10.7. The van der Waals surface area contributed by atoms with Crippen molar-refractivity contribution in [3.63, 3.8) is 0 Å². The average Bonchev–Trinajstić information content (AvgIpc) is 2.73. The lowest BCUT2D eigenvalue weighted by Gasteiger charge is -2.31. The van der Waals surface area contributed by atoms with E-state index in [-0.39, 0.29) is 0 Å². The lowest BCUT2D eigenvalue weighted by molar-refractivity contribution is 0.414. The fraction of sp³-hybridized carbons (Fsp3) is 0.143. The average molecular weight is 345 g/mol. The Hall–Kier alpha value is -3.43. The van der Waals surface area contributed by atoms with Gasteiger partial charge >= 0.3 is 0 Å². The standard InChI is InChI=1S/C21H19N3O2/c1-25-19-12-8-17(9-13-19)21(23-24-22,16-6-4-3-5-7-16)18-10-14-20(26-2)15-11-18/h3-15H,1-2H3. The molecule has 0 aliphatic heterocycles. The van der Waals surface area contributed by atoms with Gasteiger partial charge < -0.3 is 9.47 Å². The SMILES string of the molecule is COc1ccc(C(N=[N+]=[N-])(c2ccccc2)c2ccc(OC)cc2)cc1. The Morgan fingerprint density at radius 3 is 1.50 bits per heavy atom. The first-order chi connectivity index (χ1) is 12.7. The molecule has 0 bridgehead atoms. The van der Waals surface area contributed by atoms with E-state index in [9.17, 15) is 5.53 Å². The van der Waals surface area contributed by atoms with Crippen LogP contribution in [0.1, 0.15) is 16.7 Å². The van der Waals surface area contributed by atoms with Crippen LogP contribution in [0.2, 0.25) is 0 Å². The molecule has 0 spiro atoms. The second-order valence-corrected chi connectivity index (χ2v) is 5.72. The molecule has 3 aromatic rings. The molecule has 5 heteroatoms. The number of rotatable bonds is 6. The molecule has 3 aromatic carbocycles. The molecule has 5 nitrogen and oxygen atoms in total. The van der Waals surface area contributed by atoms with E-state index in [1.807, 2.05) is 78.9 Å². The molecule has 0 amide bonds. The molecule has 0 heterocycles. The largest absolute Gasteiger partial charge is 0.497 e. The summed E-state index contributed by atoms with van der Waals surface area (Å²) in [5, 5.41) is 4.28. The van der Waals surface area contributed by atoms with Gasteiger partial charge in [-0.1, -0.05) is 59.7 Å². The van der Waals surface area contributed by atoms with E-state index in [1.165, 1.54) is 0 Å². The molecule has 0 N–H and O–H groups in total. The number of nitrogens with zero attached hydrogens (tertiary/aromatic N) is 3. The highest BCUT2D eigenvalue weighted by atomic mass is 16.5. The Balaban J connectivity index is 2.29. The van der Waals surface area contributed by atoms with E-state index < -0.39 is 5.54 Å². The van der Waals surface area contributed by atoms with Gasteiger partial charge in [0.15, 0.2) is 0 Å². The summed E-state index contributed by atoms with van der Waals surface area (Å²) in [4.78, 5) is 3.19. The number of benzene rings is 3. The van der Waals surface area contributed by atoms with Gasteiger partial charge in [0.1, 0.15) is 17.0 Å². The van der Waals surface area contributed by atoms with Crippen molar-refractivity contribution in [2.75, 3.05) is 14.2 Å². The van der Waals surface area contributed by atoms with Crippen LogP contribution in [0.3, 0.4) is 0 Å². The van der Waals surface area contributed by atoms with Gasteiger partial charge in [-0.15, -0.1) is 0 Å². The number of methoxy groups -OCH3 is 2. The van der Waals surface area contributed by atoms with Gasteiger partial charge in [0, 0.05) is 4.91 Å². The summed E-state index contributed by atoms with van der Waals surface area (Å²) >= 11 is 0. The third kappa shape index (κ3) is 3.08. The molecular formula is C21H19N3O2. The van der Waals surface area contributed by atoms with E-state index in [0.29, 0.717) is 0 Å². The Morgan fingerprint density at radius 2 is 1.12 bits per heavy atom. The molecule has 0 aliphatic rings. The van der Waals surface area contributed by atoms with Crippen molar-refractivity contribution in [2.24, 2.45) is 5.11 Å².